The van der Waals surface area contributed by atoms with Gasteiger partial charge in [0.1, 0.15) is 6.10 Å². The molecule has 5 nitrogen and oxygen atoms in total. The number of hydrogen-bond donors (Lipinski definition) is 0. The average Bonchev–Trinajstić information content (AvgIpc) is 2.40. The summed E-state index contributed by atoms with van der Waals surface area (Å²) in [6.45, 7) is 2.30. The minimum Gasteiger partial charge on any atom is -0.457 e. The molecule has 0 spiro atoms. The minimum absolute atomic E-state index is 0.246. The van der Waals surface area contributed by atoms with Crippen LogP contribution in [0.25, 0.3) is 0 Å². The summed E-state index contributed by atoms with van der Waals surface area (Å²) >= 11 is 0. The zero-order valence-corrected chi connectivity index (χ0v) is 12.7. The standard InChI is InChI=1S/C12H21F2O5P/c1-3-17-20(16,18-4-2)12(13,14)11(15)19-10-8-6-5-7-9-10/h10H,3-9H2,1-2H3. The van der Waals surface area contributed by atoms with E-state index in [1.54, 1.807) is 0 Å². The molecule has 0 aromatic rings. The highest BCUT2D eigenvalue weighted by atomic mass is 31.2. The molecule has 0 heterocycles. The van der Waals surface area contributed by atoms with Crippen LogP contribution in [0.2, 0.25) is 0 Å². The molecule has 1 fully saturated rings. The quantitative estimate of drug-likeness (QED) is 0.529. The van der Waals surface area contributed by atoms with Gasteiger partial charge in [-0.1, -0.05) is 6.42 Å². The summed E-state index contributed by atoms with van der Waals surface area (Å²) in [5.74, 6) is -1.82. The Morgan fingerprint density at radius 1 is 1.15 bits per heavy atom. The fraction of sp³-hybridized carbons (Fsp3) is 0.917. The lowest BCUT2D eigenvalue weighted by atomic mass is 9.98. The summed E-state index contributed by atoms with van der Waals surface area (Å²) in [6, 6.07) is 0. The van der Waals surface area contributed by atoms with E-state index in [1.807, 2.05) is 0 Å². The molecule has 20 heavy (non-hydrogen) atoms. The number of esters is 1. The number of carbonyl (C=O) groups is 1. The van der Waals surface area contributed by atoms with Gasteiger partial charge >= 0.3 is 19.2 Å². The Morgan fingerprint density at radius 2 is 1.65 bits per heavy atom. The summed E-state index contributed by atoms with van der Waals surface area (Å²) in [6.07, 6.45) is 3.22. The number of carbonyl (C=O) groups excluding carboxylic acids is 1. The van der Waals surface area contributed by atoms with Crippen LogP contribution in [-0.2, 0) is 23.1 Å². The summed E-state index contributed by atoms with van der Waals surface area (Å²) in [5.41, 5.74) is -4.28. The Balaban J connectivity index is 2.77. The molecule has 0 saturated heterocycles. The molecule has 118 valence electrons. The van der Waals surface area contributed by atoms with E-state index in [9.17, 15) is 18.1 Å². The second kappa shape index (κ2) is 7.48. The molecule has 0 atom stereocenters. The number of alkyl halides is 2. The van der Waals surface area contributed by atoms with Crippen LogP contribution in [0.1, 0.15) is 46.0 Å². The monoisotopic (exact) mass is 314 g/mol. The van der Waals surface area contributed by atoms with E-state index in [1.165, 1.54) is 13.8 Å². The predicted molar refractivity (Wildman–Crippen MR) is 68.8 cm³/mol. The number of halogens is 2. The Kier molecular flexibility index (Phi) is 6.55. The lowest BCUT2D eigenvalue weighted by Crippen LogP contribution is -2.36. The van der Waals surface area contributed by atoms with Crippen molar-refractivity contribution in [3.8, 4) is 0 Å². The Morgan fingerprint density at radius 3 is 2.10 bits per heavy atom. The third-order valence-electron chi connectivity index (χ3n) is 3.01. The van der Waals surface area contributed by atoms with Crippen molar-refractivity contribution in [1.29, 1.82) is 0 Å². The zero-order chi connectivity index (χ0) is 15.2. The highest BCUT2D eigenvalue weighted by Gasteiger charge is 2.61. The maximum absolute atomic E-state index is 14.0. The van der Waals surface area contributed by atoms with E-state index in [-0.39, 0.29) is 13.2 Å². The largest absolute Gasteiger partial charge is 0.457 e. The molecule has 1 saturated carbocycles. The van der Waals surface area contributed by atoms with Crippen molar-refractivity contribution in [2.24, 2.45) is 0 Å². The van der Waals surface area contributed by atoms with Crippen molar-refractivity contribution in [2.75, 3.05) is 13.2 Å². The van der Waals surface area contributed by atoms with Gasteiger partial charge in [0.05, 0.1) is 13.2 Å². The fourth-order valence-corrected chi connectivity index (χ4v) is 3.41. The molecule has 0 aromatic carbocycles. The van der Waals surface area contributed by atoms with E-state index in [0.29, 0.717) is 12.8 Å². The van der Waals surface area contributed by atoms with E-state index in [4.69, 9.17) is 4.74 Å². The first-order chi connectivity index (χ1) is 9.37. The SMILES string of the molecule is CCOP(=O)(OCC)C(F)(F)C(=O)OC1CCCCC1. The highest BCUT2D eigenvalue weighted by Crippen LogP contribution is 2.62. The van der Waals surface area contributed by atoms with Crippen molar-refractivity contribution >= 4 is 13.6 Å². The van der Waals surface area contributed by atoms with Crippen LogP contribution in [0.15, 0.2) is 0 Å². The molecule has 0 amide bonds. The third kappa shape index (κ3) is 3.99. The first kappa shape index (κ1) is 17.5. The normalized spacial score (nSPS) is 18.0. The summed E-state index contributed by atoms with van der Waals surface area (Å²) < 4.78 is 53.9. The van der Waals surface area contributed by atoms with Gasteiger partial charge in [-0.15, -0.1) is 0 Å². The topological polar surface area (TPSA) is 61.8 Å². The molecule has 1 rings (SSSR count). The molecule has 8 heteroatoms. The summed E-state index contributed by atoms with van der Waals surface area (Å²) in [5, 5.41) is 0. The molecule has 0 aromatic heterocycles. The van der Waals surface area contributed by atoms with E-state index >= 15 is 0 Å². The predicted octanol–water partition coefficient (Wildman–Crippen LogP) is 3.72. The third-order valence-corrected chi connectivity index (χ3v) is 5.08. The van der Waals surface area contributed by atoms with Crippen LogP contribution < -0.4 is 0 Å². The van der Waals surface area contributed by atoms with Crippen LogP contribution in [0, 0.1) is 0 Å². The van der Waals surface area contributed by atoms with E-state index in [0.717, 1.165) is 19.3 Å². The molecule has 1 aliphatic rings. The van der Waals surface area contributed by atoms with Crippen LogP contribution in [-0.4, -0.2) is 31.0 Å². The van der Waals surface area contributed by atoms with Crippen molar-refractivity contribution in [3.63, 3.8) is 0 Å². The van der Waals surface area contributed by atoms with Gasteiger partial charge in [0.2, 0.25) is 0 Å². The Bertz CT molecular complexity index is 359. The molecule has 0 N–H and O–H groups in total. The van der Waals surface area contributed by atoms with Gasteiger partial charge in [0, 0.05) is 0 Å². The van der Waals surface area contributed by atoms with Gasteiger partial charge < -0.3 is 13.8 Å². The molecule has 0 radical (unpaired) electrons. The molecular weight excluding hydrogens is 293 g/mol. The highest BCUT2D eigenvalue weighted by molar-refractivity contribution is 7.56. The van der Waals surface area contributed by atoms with Crippen LogP contribution in [0.4, 0.5) is 8.78 Å². The second-order valence-corrected chi connectivity index (χ2v) is 6.61. The average molecular weight is 314 g/mol. The lowest BCUT2D eigenvalue weighted by molar-refractivity contribution is -0.170. The van der Waals surface area contributed by atoms with Crippen molar-refractivity contribution in [2.45, 2.75) is 57.7 Å². The minimum atomic E-state index is -4.85. The van der Waals surface area contributed by atoms with Gasteiger partial charge in [0.15, 0.2) is 0 Å². The Hall–Kier alpha value is -0.520. The maximum Gasteiger partial charge on any atom is 0.440 e. The maximum atomic E-state index is 14.0. The van der Waals surface area contributed by atoms with Crippen LogP contribution >= 0.6 is 7.60 Å². The summed E-state index contributed by atoms with van der Waals surface area (Å²) in [4.78, 5) is 11.6. The fourth-order valence-electron chi connectivity index (χ4n) is 2.06. The molecular formula is C12H21F2O5P. The number of ether oxygens (including phenoxy) is 1. The molecule has 0 unspecified atom stereocenters. The van der Waals surface area contributed by atoms with Gasteiger partial charge in [-0.3, -0.25) is 4.57 Å². The summed E-state index contributed by atoms with van der Waals surface area (Å²) in [7, 11) is -4.85. The number of rotatable bonds is 7. The Labute approximate surface area is 117 Å². The van der Waals surface area contributed by atoms with Crippen molar-refractivity contribution in [1.82, 2.24) is 0 Å². The first-order valence-corrected chi connectivity index (χ1v) is 8.39. The second-order valence-electron chi connectivity index (χ2n) is 4.54. The van der Waals surface area contributed by atoms with Crippen molar-refractivity contribution in [3.05, 3.63) is 0 Å². The molecule has 0 bridgehead atoms. The first-order valence-electron chi connectivity index (χ1n) is 6.85. The van der Waals surface area contributed by atoms with Gasteiger partial charge in [0.25, 0.3) is 0 Å². The lowest BCUT2D eigenvalue weighted by Gasteiger charge is -2.27. The van der Waals surface area contributed by atoms with Crippen molar-refractivity contribution < 1.29 is 31.9 Å². The van der Waals surface area contributed by atoms with Crippen LogP contribution in [0.5, 0.6) is 0 Å². The zero-order valence-electron chi connectivity index (χ0n) is 11.8. The molecule has 0 aliphatic heterocycles. The van der Waals surface area contributed by atoms with Gasteiger partial charge in [-0.2, -0.15) is 8.78 Å². The van der Waals surface area contributed by atoms with Crippen LogP contribution in [0.3, 0.4) is 0 Å². The van der Waals surface area contributed by atoms with E-state index < -0.39 is 25.3 Å². The molecule has 1 aliphatic carbocycles. The number of hydrogen-bond acceptors (Lipinski definition) is 5. The smallest absolute Gasteiger partial charge is 0.440 e. The van der Waals surface area contributed by atoms with E-state index in [2.05, 4.69) is 9.05 Å². The van der Waals surface area contributed by atoms with Gasteiger partial charge in [-0.25, -0.2) is 4.79 Å². The van der Waals surface area contributed by atoms with Gasteiger partial charge in [-0.05, 0) is 39.5 Å².